The van der Waals surface area contributed by atoms with Gasteiger partial charge < -0.3 is 10.2 Å². The minimum atomic E-state index is 0.621. The lowest BCUT2D eigenvalue weighted by Crippen LogP contribution is -2.64. The highest BCUT2D eigenvalue weighted by atomic mass is 35.5. The van der Waals surface area contributed by atoms with Gasteiger partial charge in [0.25, 0.3) is 0 Å². The Morgan fingerprint density at radius 2 is 1.74 bits per heavy atom. The molecule has 1 unspecified atom stereocenters. The summed E-state index contributed by atoms with van der Waals surface area (Å²) < 4.78 is 0. The molecule has 5 rings (SSSR count). The van der Waals surface area contributed by atoms with Gasteiger partial charge in [0.2, 0.25) is 0 Å². The van der Waals surface area contributed by atoms with E-state index in [-0.39, 0.29) is 0 Å². The van der Waals surface area contributed by atoms with Crippen molar-refractivity contribution in [3.8, 4) is 0 Å². The Morgan fingerprint density at radius 3 is 2.33 bits per heavy atom. The number of guanidine groups is 1. The van der Waals surface area contributed by atoms with E-state index in [1.165, 1.54) is 38.3 Å². The number of nitrogens with one attached hydrogen (secondary N) is 1. The number of aliphatic imine (C=N–C) groups is 1. The van der Waals surface area contributed by atoms with Crippen LogP contribution in [0.4, 0.5) is 0 Å². The predicted molar refractivity (Wildman–Crippen MR) is 111 cm³/mol. The van der Waals surface area contributed by atoms with Crippen LogP contribution in [-0.4, -0.2) is 104 Å². The molecule has 4 fully saturated rings. The fourth-order valence-electron chi connectivity index (χ4n) is 4.43. The lowest BCUT2D eigenvalue weighted by atomic mass is 10.1. The number of nitrogens with zero attached hydrogens (tertiary/aromatic N) is 5. The predicted octanol–water partition coefficient (Wildman–Crippen LogP) is 1.03. The molecule has 4 aliphatic rings. The van der Waals surface area contributed by atoms with Gasteiger partial charge in [-0.2, -0.15) is 0 Å². The first kappa shape index (κ1) is 19.0. The van der Waals surface area contributed by atoms with E-state index in [0.717, 1.165) is 50.3 Å². The van der Waals surface area contributed by atoms with E-state index < -0.39 is 0 Å². The van der Waals surface area contributed by atoms with Crippen molar-refractivity contribution in [3.05, 3.63) is 34.9 Å². The maximum absolute atomic E-state index is 5.98. The van der Waals surface area contributed by atoms with E-state index in [1.54, 1.807) is 0 Å². The average molecular weight is 391 g/mol. The van der Waals surface area contributed by atoms with Crippen molar-refractivity contribution in [2.45, 2.75) is 12.6 Å². The smallest absolute Gasteiger partial charge is 0.193 e. The Kier molecular flexibility index (Phi) is 6.18. The summed E-state index contributed by atoms with van der Waals surface area (Å²) in [6, 6.07) is 8.82. The van der Waals surface area contributed by atoms with Crippen LogP contribution in [0.2, 0.25) is 5.02 Å². The Labute approximate surface area is 167 Å². The Morgan fingerprint density at radius 1 is 1.04 bits per heavy atom. The van der Waals surface area contributed by atoms with Crippen LogP contribution in [0.5, 0.6) is 0 Å². The molecule has 1 atom stereocenters. The number of halogens is 1. The summed E-state index contributed by atoms with van der Waals surface area (Å²) in [4.78, 5) is 14.7. The first-order chi connectivity index (χ1) is 13.2. The number of fused-ring (bicyclic) bond motifs is 3. The molecule has 1 aromatic carbocycles. The van der Waals surface area contributed by atoms with E-state index >= 15 is 0 Å². The van der Waals surface area contributed by atoms with Crippen molar-refractivity contribution in [1.29, 1.82) is 0 Å². The monoisotopic (exact) mass is 390 g/mol. The minimum Gasteiger partial charge on any atom is -0.355 e. The number of hydrogen-bond donors (Lipinski definition) is 1. The lowest BCUT2D eigenvalue weighted by molar-refractivity contribution is 0.0151. The molecule has 27 heavy (non-hydrogen) atoms. The van der Waals surface area contributed by atoms with Crippen LogP contribution in [0.15, 0.2) is 29.3 Å². The molecule has 4 heterocycles. The summed E-state index contributed by atoms with van der Waals surface area (Å²) in [5, 5.41) is 4.44. The second-order valence-corrected chi connectivity index (χ2v) is 8.24. The van der Waals surface area contributed by atoms with Crippen LogP contribution in [0.25, 0.3) is 0 Å². The molecule has 0 aliphatic carbocycles. The molecule has 0 aromatic heterocycles. The molecule has 0 amide bonds. The molecule has 2 bridgehead atoms. The maximum Gasteiger partial charge on any atom is 0.193 e. The molecule has 1 aromatic rings. The van der Waals surface area contributed by atoms with Crippen LogP contribution in [0, 0.1) is 0 Å². The summed E-state index contributed by atoms with van der Waals surface area (Å²) in [6.07, 6.45) is 0. The zero-order valence-corrected chi connectivity index (χ0v) is 17.0. The molecule has 4 aliphatic heterocycles. The van der Waals surface area contributed by atoms with Crippen molar-refractivity contribution in [1.82, 2.24) is 24.9 Å². The molecular formula is C20H31ClN6. The molecular weight excluding hydrogens is 360 g/mol. The van der Waals surface area contributed by atoms with E-state index in [2.05, 4.69) is 42.0 Å². The van der Waals surface area contributed by atoms with Gasteiger partial charge in [-0.1, -0.05) is 23.7 Å². The third-order valence-electron chi connectivity index (χ3n) is 6.09. The molecule has 7 heteroatoms. The van der Waals surface area contributed by atoms with Crippen molar-refractivity contribution in [3.63, 3.8) is 0 Å². The van der Waals surface area contributed by atoms with Crippen LogP contribution in [-0.2, 0) is 6.54 Å². The van der Waals surface area contributed by atoms with Crippen LogP contribution >= 0.6 is 11.6 Å². The maximum atomic E-state index is 5.98. The summed E-state index contributed by atoms with van der Waals surface area (Å²) in [7, 11) is 1.90. The van der Waals surface area contributed by atoms with Crippen molar-refractivity contribution in [2.24, 2.45) is 4.99 Å². The fraction of sp³-hybridized carbons (Fsp3) is 0.650. The molecule has 0 radical (unpaired) electrons. The van der Waals surface area contributed by atoms with Gasteiger partial charge in [-0.25, -0.2) is 0 Å². The number of piperazine rings is 4. The zero-order chi connectivity index (χ0) is 18.6. The van der Waals surface area contributed by atoms with Gasteiger partial charge in [-0.3, -0.25) is 19.7 Å². The third-order valence-corrected chi connectivity index (χ3v) is 6.34. The highest BCUT2D eigenvalue weighted by Crippen LogP contribution is 2.15. The van der Waals surface area contributed by atoms with Gasteiger partial charge in [0.15, 0.2) is 5.96 Å². The average Bonchev–Trinajstić information content (AvgIpc) is 2.72. The molecule has 1 N–H and O–H groups in total. The van der Waals surface area contributed by atoms with Gasteiger partial charge in [-0.05, 0) is 17.7 Å². The largest absolute Gasteiger partial charge is 0.355 e. The zero-order valence-electron chi connectivity index (χ0n) is 16.3. The number of benzene rings is 1. The number of hydrogen-bond acceptors (Lipinski definition) is 4. The quantitative estimate of drug-likeness (QED) is 0.614. The van der Waals surface area contributed by atoms with Gasteiger partial charge in [0.1, 0.15) is 0 Å². The van der Waals surface area contributed by atoms with Crippen LogP contribution in [0.1, 0.15) is 5.56 Å². The highest BCUT2D eigenvalue weighted by molar-refractivity contribution is 6.30. The topological polar surface area (TPSA) is 37.4 Å². The normalized spacial score (nSPS) is 29.2. The molecule has 0 saturated carbocycles. The second kappa shape index (κ2) is 8.78. The van der Waals surface area contributed by atoms with Gasteiger partial charge in [-0.15, -0.1) is 0 Å². The van der Waals surface area contributed by atoms with Crippen molar-refractivity contribution < 1.29 is 0 Å². The summed E-state index contributed by atoms with van der Waals surface area (Å²) in [5.41, 5.74) is 1.33. The third kappa shape index (κ3) is 4.74. The Hall–Kier alpha value is -1.34. The fourth-order valence-corrected chi connectivity index (χ4v) is 4.55. The SMILES string of the molecule is CN=C(NCC1CN2CCN1CC2)N1CCN(Cc2ccc(Cl)cc2)CC1. The Balaban J connectivity index is 1.23. The van der Waals surface area contributed by atoms with Gasteiger partial charge in [0.05, 0.1) is 0 Å². The van der Waals surface area contributed by atoms with Crippen LogP contribution < -0.4 is 5.32 Å². The minimum absolute atomic E-state index is 0.621. The highest BCUT2D eigenvalue weighted by Gasteiger charge is 2.32. The van der Waals surface area contributed by atoms with Gasteiger partial charge >= 0.3 is 0 Å². The van der Waals surface area contributed by atoms with E-state index in [0.29, 0.717) is 6.04 Å². The summed E-state index contributed by atoms with van der Waals surface area (Å²) in [6.45, 7) is 12.3. The Bertz CT molecular complexity index is 632. The van der Waals surface area contributed by atoms with Crippen LogP contribution in [0.3, 0.4) is 0 Å². The lowest BCUT2D eigenvalue weighted by Gasteiger charge is -2.47. The molecule has 148 valence electrons. The van der Waals surface area contributed by atoms with E-state index in [4.69, 9.17) is 11.6 Å². The second-order valence-electron chi connectivity index (χ2n) is 7.81. The van der Waals surface area contributed by atoms with Crippen molar-refractivity contribution >= 4 is 17.6 Å². The standard InChI is InChI=1S/C20H31ClN6/c1-22-20(23-14-19-16-25-6-10-26(19)11-7-25)27-12-8-24(9-13-27)15-17-2-4-18(21)5-3-17/h2-5,19H,6-16H2,1H3,(H,22,23). The van der Waals surface area contributed by atoms with E-state index in [9.17, 15) is 0 Å². The molecule has 6 nitrogen and oxygen atoms in total. The van der Waals surface area contributed by atoms with Gasteiger partial charge in [0, 0.05) is 90.1 Å². The summed E-state index contributed by atoms with van der Waals surface area (Å²) in [5.74, 6) is 1.05. The molecule has 4 saturated heterocycles. The first-order valence-electron chi connectivity index (χ1n) is 10.1. The molecule has 0 spiro atoms. The van der Waals surface area contributed by atoms with Crippen molar-refractivity contribution in [2.75, 3.05) is 72.5 Å². The summed E-state index contributed by atoms with van der Waals surface area (Å²) >= 11 is 5.98. The number of rotatable bonds is 4. The van der Waals surface area contributed by atoms with E-state index in [1.807, 2.05) is 19.2 Å². The first-order valence-corrected chi connectivity index (χ1v) is 10.5.